The van der Waals surface area contributed by atoms with Crippen LogP contribution in [0.15, 0.2) is 36.5 Å². The molecule has 0 aliphatic carbocycles. The summed E-state index contributed by atoms with van der Waals surface area (Å²) in [7, 11) is 5.93. The summed E-state index contributed by atoms with van der Waals surface area (Å²) in [6, 6.07) is 0. The summed E-state index contributed by atoms with van der Waals surface area (Å²) in [5.41, 5.74) is 0. The van der Waals surface area contributed by atoms with Crippen LogP contribution in [0.3, 0.4) is 0 Å². The number of hydrogen-bond acceptors (Lipinski definition) is 8. The molecule has 0 aromatic carbocycles. The van der Waals surface area contributed by atoms with E-state index in [1.807, 2.05) is 21.1 Å². The second kappa shape index (κ2) is 54.8. The Kier molecular flexibility index (Phi) is 52.9. The molecule has 0 rings (SSSR count). The molecular weight excluding hydrogens is 899 g/mol. The van der Waals surface area contributed by atoms with E-state index in [9.17, 15) is 19.5 Å². The van der Waals surface area contributed by atoms with Crippen molar-refractivity contribution in [3.05, 3.63) is 36.5 Å². The predicted octanol–water partition coefficient (Wildman–Crippen LogP) is 16.7. The fourth-order valence-electron chi connectivity index (χ4n) is 8.90. The number of nitrogens with zero attached hydrogens (tertiary/aromatic N) is 1. The molecule has 0 saturated carbocycles. The number of allylic oxidation sites excluding steroid dienone is 6. The Bertz CT molecular complexity index is 1270. The molecule has 0 amide bonds. The number of carbonyl (C=O) groups is 3. The Labute approximate surface area is 445 Å². The highest BCUT2D eigenvalue weighted by atomic mass is 16.7. The Balaban J connectivity index is 4.16. The molecule has 2 atom stereocenters. The molecular formula is C63H117NO8. The molecule has 0 radical (unpaired) electrons. The molecule has 0 aromatic rings. The van der Waals surface area contributed by atoms with E-state index in [0.29, 0.717) is 23.9 Å². The van der Waals surface area contributed by atoms with Crippen molar-refractivity contribution in [2.75, 3.05) is 47.5 Å². The van der Waals surface area contributed by atoms with E-state index in [-0.39, 0.29) is 32.2 Å². The van der Waals surface area contributed by atoms with E-state index < -0.39 is 24.3 Å². The number of esters is 2. The van der Waals surface area contributed by atoms with Crippen LogP contribution < -0.4 is 5.11 Å². The molecule has 0 bridgehead atoms. The predicted molar refractivity (Wildman–Crippen MR) is 302 cm³/mol. The van der Waals surface area contributed by atoms with Crippen LogP contribution in [0.4, 0.5) is 0 Å². The number of carboxylic acids is 1. The Morgan fingerprint density at radius 2 is 0.750 bits per heavy atom. The van der Waals surface area contributed by atoms with Crippen LogP contribution in [0.2, 0.25) is 0 Å². The van der Waals surface area contributed by atoms with Crippen molar-refractivity contribution in [2.24, 2.45) is 0 Å². The van der Waals surface area contributed by atoms with Gasteiger partial charge in [0.1, 0.15) is 13.2 Å². The molecule has 0 spiro atoms. The third-order valence-corrected chi connectivity index (χ3v) is 13.6. The van der Waals surface area contributed by atoms with Crippen LogP contribution in [-0.4, -0.2) is 82.3 Å². The van der Waals surface area contributed by atoms with Gasteiger partial charge in [-0.2, -0.15) is 0 Å². The summed E-state index contributed by atoms with van der Waals surface area (Å²) in [5, 5.41) is 11.8. The number of aliphatic carboxylic acids is 1. The Morgan fingerprint density at radius 3 is 1.11 bits per heavy atom. The molecule has 2 unspecified atom stereocenters. The third-order valence-electron chi connectivity index (χ3n) is 13.6. The van der Waals surface area contributed by atoms with Crippen molar-refractivity contribution in [2.45, 2.75) is 302 Å². The quantitative estimate of drug-likeness (QED) is 0.0195. The SMILES string of the molecule is CCCCCCC/C=C\C/C=C\C/C=C\CCCCCCCCCCCCCCCCC(=O)OC(COC(=O)CCCCCCCCCCCCCCCCCCCC)COC(OCC[N+](C)(C)C)C(=O)[O-]. The standard InChI is InChI=1S/C63H117NO8/c1-6-8-10-12-14-16-18-20-22-24-26-27-28-29-30-31-32-33-34-35-36-38-40-42-44-46-48-50-52-54-61(66)72-59(58-71-63(62(67)68)69-56-55-64(3,4)5)57-70-60(65)53-51-49-47-45-43-41-39-37-25-23-21-19-17-15-13-11-9-7-2/h18,20,24,26,28-29,59,63H,6-17,19,21-23,25,27,30-58H2,1-5H3/b20-18-,26-24-,29-28-. The van der Waals surface area contributed by atoms with E-state index in [1.165, 1.54) is 212 Å². The zero-order valence-electron chi connectivity index (χ0n) is 48.1. The summed E-state index contributed by atoms with van der Waals surface area (Å²) >= 11 is 0. The van der Waals surface area contributed by atoms with Gasteiger partial charge in [-0.1, -0.05) is 262 Å². The maximum absolute atomic E-state index is 12.9. The summed E-state index contributed by atoms with van der Waals surface area (Å²) in [5.74, 6) is -2.26. The average Bonchev–Trinajstić information content (AvgIpc) is 3.35. The summed E-state index contributed by atoms with van der Waals surface area (Å²) < 4.78 is 22.7. The lowest BCUT2D eigenvalue weighted by Crippen LogP contribution is -2.44. The summed E-state index contributed by atoms with van der Waals surface area (Å²) in [6.07, 6.45) is 63.4. The lowest BCUT2D eigenvalue weighted by atomic mass is 10.0. The first-order valence-corrected chi connectivity index (χ1v) is 30.6. The molecule has 0 aliphatic heterocycles. The van der Waals surface area contributed by atoms with Gasteiger partial charge in [-0.25, -0.2) is 0 Å². The third kappa shape index (κ3) is 55.3. The number of carboxylic acid groups (broad SMARTS) is 1. The topological polar surface area (TPSA) is 111 Å². The number of rotatable bonds is 57. The fraction of sp³-hybridized carbons (Fsp3) is 0.857. The molecule has 0 aliphatic rings. The first-order valence-electron chi connectivity index (χ1n) is 30.6. The molecule has 422 valence electrons. The van der Waals surface area contributed by atoms with Crippen LogP contribution >= 0.6 is 0 Å². The highest BCUT2D eigenvalue weighted by Crippen LogP contribution is 2.17. The smallest absolute Gasteiger partial charge is 0.306 e. The summed E-state index contributed by atoms with van der Waals surface area (Å²) in [4.78, 5) is 37.3. The minimum Gasteiger partial charge on any atom is -0.545 e. The molecule has 0 heterocycles. The van der Waals surface area contributed by atoms with Gasteiger partial charge in [0.2, 0.25) is 0 Å². The van der Waals surface area contributed by atoms with Crippen molar-refractivity contribution in [3.63, 3.8) is 0 Å². The number of quaternary nitrogens is 1. The molecule has 9 heteroatoms. The van der Waals surface area contributed by atoms with Crippen LogP contribution in [-0.2, 0) is 33.3 Å². The maximum atomic E-state index is 12.9. The van der Waals surface area contributed by atoms with Crippen molar-refractivity contribution in [1.29, 1.82) is 0 Å². The van der Waals surface area contributed by atoms with Gasteiger partial charge < -0.3 is 33.3 Å². The minimum absolute atomic E-state index is 0.150. The summed E-state index contributed by atoms with van der Waals surface area (Å²) in [6.45, 7) is 4.78. The molecule has 0 fully saturated rings. The lowest BCUT2D eigenvalue weighted by molar-refractivity contribution is -0.870. The van der Waals surface area contributed by atoms with E-state index >= 15 is 0 Å². The Morgan fingerprint density at radius 1 is 0.417 bits per heavy atom. The van der Waals surface area contributed by atoms with Crippen molar-refractivity contribution >= 4 is 17.9 Å². The first-order chi connectivity index (χ1) is 35.1. The second-order valence-corrected chi connectivity index (χ2v) is 22.0. The molecule has 0 saturated heterocycles. The number of likely N-dealkylation sites (N-methyl/N-ethyl adjacent to an activating group) is 1. The van der Waals surface area contributed by atoms with Crippen LogP contribution in [0.5, 0.6) is 0 Å². The van der Waals surface area contributed by atoms with Gasteiger partial charge in [-0.05, 0) is 51.4 Å². The minimum atomic E-state index is -1.62. The number of ether oxygens (including phenoxy) is 4. The van der Waals surface area contributed by atoms with Crippen molar-refractivity contribution < 1.29 is 42.9 Å². The molecule has 9 nitrogen and oxygen atoms in total. The molecule has 0 N–H and O–H groups in total. The van der Waals surface area contributed by atoms with E-state index in [4.69, 9.17) is 18.9 Å². The van der Waals surface area contributed by atoms with E-state index in [1.54, 1.807) is 0 Å². The fourth-order valence-corrected chi connectivity index (χ4v) is 8.90. The van der Waals surface area contributed by atoms with Gasteiger partial charge in [-0.3, -0.25) is 9.59 Å². The van der Waals surface area contributed by atoms with Crippen molar-refractivity contribution in [3.8, 4) is 0 Å². The van der Waals surface area contributed by atoms with E-state index in [0.717, 1.165) is 44.9 Å². The number of unbranched alkanes of at least 4 members (excludes halogenated alkanes) is 36. The van der Waals surface area contributed by atoms with Gasteiger partial charge in [-0.15, -0.1) is 0 Å². The first kappa shape index (κ1) is 69.5. The maximum Gasteiger partial charge on any atom is 0.306 e. The van der Waals surface area contributed by atoms with Gasteiger partial charge in [0.05, 0.1) is 40.3 Å². The van der Waals surface area contributed by atoms with Gasteiger partial charge >= 0.3 is 11.9 Å². The monoisotopic (exact) mass is 1020 g/mol. The van der Waals surface area contributed by atoms with Gasteiger partial charge in [0.25, 0.3) is 0 Å². The van der Waals surface area contributed by atoms with Crippen LogP contribution in [0.25, 0.3) is 0 Å². The zero-order chi connectivity index (χ0) is 52.7. The Hall–Kier alpha value is -2.49. The molecule has 0 aromatic heterocycles. The van der Waals surface area contributed by atoms with Crippen LogP contribution in [0, 0.1) is 0 Å². The largest absolute Gasteiger partial charge is 0.545 e. The van der Waals surface area contributed by atoms with Gasteiger partial charge in [0.15, 0.2) is 12.4 Å². The van der Waals surface area contributed by atoms with Crippen LogP contribution in [0.1, 0.15) is 290 Å². The lowest BCUT2D eigenvalue weighted by Gasteiger charge is -2.26. The molecule has 72 heavy (non-hydrogen) atoms. The second-order valence-electron chi connectivity index (χ2n) is 22.0. The number of carbonyl (C=O) groups excluding carboxylic acids is 3. The number of hydrogen-bond donors (Lipinski definition) is 0. The average molecular weight is 1020 g/mol. The van der Waals surface area contributed by atoms with Crippen molar-refractivity contribution in [1.82, 2.24) is 0 Å². The normalized spacial score (nSPS) is 13.0. The zero-order valence-corrected chi connectivity index (χ0v) is 48.1. The highest BCUT2D eigenvalue weighted by molar-refractivity contribution is 5.70. The highest BCUT2D eigenvalue weighted by Gasteiger charge is 2.22. The van der Waals surface area contributed by atoms with E-state index in [2.05, 4.69) is 50.3 Å². The van der Waals surface area contributed by atoms with Gasteiger partial charge in [0, 0.05) is 12.8 Å².